The average molecular weight is 349 g/mol. The Hall–Kier alpha value is -2.14. The Morgan fingerprint density at radius 3 is 2.54 bits per heavy atom. The van der Waals surface area contributed by atoms with E-state index in [0.717, 1.165) is 5.56 Å². The summed E-state index contributed by atoms with van der Waals surface area (Å²) in [4.78, 5) is 17.9. The number of amides is 1. The number of hydrogen-bond donors (Lipinski definition) is 1. The number of halogens is 2. The largest absolute Gasteiger partial charge is 0.505 e. The molecule has 1 aromatic heterocycles. The highest BCUT2D eigenvalue weighted by Gasteiger charge is 2.36. The standard InChI is InChI=1S/C18H18ClFN2O2/c19-14-5-3-13(4-6-14)12-18(20)7-10-22(11-8-18)17(24)16-15(23)2-1-9-21-16/h1-6,9,23H,7-8,10-12H2. The number of pyridine rings is 1. The molecular weight excluding hydrogens is 331 g/mol. The van der Waals surface area contributed by atoms with Crippen LogP contribution in [0.25, 0.3) is 0 Å². The number of aromatic hydroxyl groups is 1. The molecule has 0 aliphatic carbocycles. The maximum atomic E-state index is 15.0. The van der Waals surface area contributed by atoms with Crippen LogP contribution in [0.5, 0.6) is 5.75 Å². The quantitative estimate of drug-likeness (QED) is 0.921. The zero-order valence-electron chi connectivity index (χ0n) is 13.1. The Morgan fingerprint density at radius 1 is 1.25 bits per heavy atom. The number of likely N-dealkylation sites (tertiary alicyclic amines) is 1. The molecule has 2 aromatic rings. The second-order valence-corrected chi connectivity index (χ2v) is 6.55. The highest BCUT2D eigenvalue weighted by Crippen LogP contribution is 2.31. The number of hydrogen-bond acceptors (Lipinski definition) is 3. The predicted octanol–water partition coefficient (Wildman–Crippen LogP) is 3.63. The molecule has 1 aliphatic heterocycles. The smallest absolute Gasteiger partial charge is 0.276 e. The summed E-state index contributed by atoms with van der Waals surface area (Å²) in [5.74, 6) is -0.512. The van der Waals surface area contributed by atoms with Crippen molar-refractivity contribution < 1.29 is 14.3 Å². The van der Waals surface area contributed by atoms with Crippen molar-refractivity contribution in [1.29, 1.82) is 0 Å². The van der Waals surface area contributed by atoms with Crippen molar-refractivity contribution in [2.75, 3.05) is 13.1 Å². The molecule has 0 unspecified atom stereocenters. The van der Waals surface area contributed by atoms with Crippen LogP contribution in [0, 0.1) is 0 Å². The van der Waals surface area contributed by atoms with Crippen LogP contribution in [0.3, 0.4) is 0 Å². The fourth-order valence-corrected chi connectivity index (χ4v) is 3.09. The summed E-state index contributed by atoms with van der Waals surface area (Å²) < 4.78 is 15.0. The first-order valence-corrected chi connectivity index (χ1v) is 8.21. The minimum atomic E-state index is -1.34. The molecule has 1 amide bonds. The van der Waals surface area contributed by atoms with Crippen LogP contribution in [-0.4, -0.2) is 39.7 Å². The van der Waals surface area contributed by atoms with Gasteiger partial charge in [-0.2, -0.15) is 0 Å². The van der Waals surface area contributed by atoms with Gasteiger partial charge in [0.1, 0.15) is 11.4 Å². The Balaban J connectivity index is 1.63. The van der Waals surface area contributed by atoms with Gasteiger partial charge < -0.3 is 10.0 Å². The van der Waals surface area contributed by atoms with Gasteiger partial charge in [0.2, 0.25) is 0 Å². The monoisotopic (exact) mass is 348 g/mol. The molecule has 4 nitrogen and oxygen atoms in total. The topological polar surface area (TPSA) is 53.4 Å². The van der Waals surface area contributed by atoms with Crippen molar-refractivity contribution in [3.05, 3.63) is 58.9 Å². The lowest BCUT2D eigenvalue weighted by molar-refractivity contribution is 0.0431. The van der Waals surface area contributed by atoms with E-state index in [1.807, 2.05) is 12.1 Å². The van der Waals surface area contributed by atoms with E-state index in [4.69, 9.17) is 11.6 Å². The molecule has 0 atom stereocenters. The number of carbonyl (C=O) groups excluding carboxylic acids is 1. The molecule has 1 fully saturated rings. The third kappa shape index (κ3) is 3.67. The van der Waals surface area contributed by atoms with E-state index in [1.165, 1.54) is 12.3 Å². The number of piperidine rings is 1. The van der Waals surface area contributed by atoms with E-state index >= 15 is 4.39 Å². The van der Waals surface area contributed by atoms with Crippen molar-refractivity contribution in [2.45, 2.75) is 24.9 Å². The molecule has 6 heteroatoms. The Morgan fingerprint density at radius 2 is 1.92 bits per heavy atom. The third-order valence-electron chi connectivity index (χ3n) is 4.37. The van der Waals surface area contributed by atoms with Gasteiger partial charge >= 0.3 is 0 Å². The Bertz CT molecular complexity index is 728. The summed E-state index contributed by atoms with van der Waals surface area (Å²) in [6, 6.07) is 10.1. The maximum Gasteiger partial charge on any atom is 0.276 e. The van der Waals surface area contributed by atoms with E-state index < -0.39 is 5.67 Å². The van der Waals surface area contributed by atoms with Gasteiger partial charge in [-0.15, -0.1) is 0 Å². The van der Waals surface area contributed by atoms with E-state index in [-0.39, 0.29) is 30.2 Å². The molecule has 0 bridgehead atoms. The number of alkyl halides is 1. The van der Waals surface area contributed by atoms with Crippen LogP contribution < -0.4 is 0 Å². The summed E-state index contributed by atoms with van der Waals surface area (Å²) in [6.45, 7) is 0.609. The molecule has 0 saturated carbocycles. The molecule has 24 heavy (non-hydrogen) atoms. The maximum absolute atomic E-state index is 15.0. The normalized spacial score (nSPS) is 16.8. The van der Waals surface area contributed by atoms with Gasteiger partial charge in [0.25, 0.3) is 5.91 Å². The molecule has 2 heterocycles. The van der Waals surface area contributed by atoms with E-state index in [1.54, 1.807) is 23.1 Å². The fraction of sp³-hybridized carbons (Fsp3) is 0.333. The molecule has 1 aliphatic rings. The lowest BCUT2D eigenvalue weighted by Gasteiger charge is -2.36. The lowest BCUT2D eigenvalue weighted by Crippen LogP contribution is -2.45. The van der Waals surface area contributed by atoms with Crippen LogP contribution in [0.1, 0.15) is 28.9 Å². The number of aromatic nitrogens is 1. The SMILES string of the molecule is O=C(c1ncccc1O)N1CCC(F)(Cc2ccc(Cl)cc2)CC1. The van der Waals surface area contributed by atoms with Crippen LogP contribution >= 0.6 is 11.6 Å². The number of carbonyl (C=O) groups is 1. The van der Waals surface area contributed by atoms with Crippen LogP contribution in [0.4, 0.5) is 4.39 Å². The fourth-order valence-electron chi connectivity index (χ4n) is 2.97. The summed E-state index contributed by atoms with van der Waals surface area (Å²) in [5.41, 5.74) is -0.429. The zero-order chi connectivity index (χ0) is 17.2. The zero-order valence-corrected chi connectivity index (χ0v) is 13.8. The summed E-state index contributed by atoms with van der Waals surface area (Å²) in [5, 5.41) is 10.4. The first-order chi connectivity index (χ1) is 11.5. The first-order valence-electron chi connectivity index (χ1n) is 7.83. The van der Waals surface area contributed by atoms with E-state index in [2.05, 4.69) is 4.98 Å². The molecule has 126 valence electrons. The lowest BCUT2D eigenvalue weighted by atomic mass is 9.87. The van der Waals surface area contributed by atoms with Crippen molar-refractivity contribution in [2.24, 2.45) is 0 Å². The first kappa shape index (κ1) is 16.7. The number of benzene rings is 1. The van der Waals surface area contributed by atoms with E-state index in [9.17, 15) is 9.90 Å². The average Bonchev–Trinajstić information content (AvgIpc) is 2.57. The second-order valence-electron chi connectivity index (χ2n) is 6.12. The summed E-state index contributed by atoms with van der Waals surface area (Å²) in [7, 11) is 0. The number of rotatable bonds is 3. The van der Waals surface area contributed by atoms with Crippen LogP contribution in [0.15, 0.2) is 42.6 Å². The van der Waals surface area contributed by atoms with E-state index in [0.29, 0.717) is 24.5 Å². The van der Waals surface area contributed by atoms with Crippen molar-refractivity contribution in [3.8, 4) is 5.75 Å². The molecule has 3 rings (SSSR count). The van der Waals surface area contributed by atoms with Crippen molar-refractivity contribution >= 4 is 17.5 Å². The van der Waals surface area contributed by atoms with Gasteiger partial charge in [-0.05, 0) is 42.7 Å². The Kier molecular flexibility index (Phi) is 4.71. The molecule has 1 saturated heterocycles. The third-order valence-corrected chi connectivity index (χ3v) is 4.62. The molecule has 0 radical (unpaired) electrons. The highest BCUT2D eigenvalue weighted by atomic mass is 35.5. The van der Waals surface area contributed by atoms with Crippen molar-refractivity contribution in [3.63, 3.8) is 0 Å². The Labute approximate surface area is 144 Å². The van der Waals surface area contributed by atoms with Gasteiger partial charge in [0.05, 0.1) is 0 Å². The van der Waals surface area contributed by atoms with Crippen molar-refractivity contribution in [1.82, 2.24) is 9.88 Å². The molecule has 1 aromatic carbocycles. The van der Waals surface area contributed by atoms with Gasteiger partial charge in [-0.3, -0.25) is 4.79 Å². The van der Waals surface area contributed by atoms with Gasteiger partial charge in [0, 0.05) is 30.7 Å². The van der Waals surface area contributed by atoms with Gasteiger partial charge in [-0.25, -0.2) is 9.37 Å². The molecule has 0 spiro atoms. The van der Waals surface area contributed by atoms with Gasteiger partial charge in [-0.1, -0.05) is 23.7 Å². The molecule has 1 N–H and O–H groups in total. The predicted molar refractivity (Wildman–Crippen MR) is 90.0 cm³/mol. The minimum Gasteiger partial charge on any atom is -0.505 e. The van der Waals surface area contributed by atoms with Gasteiger partial charge in [0.15, 0.2) is 5.69 Å². The van der Waals surface area contributed by atoms with Crippen LogP contribution in [-0.2, 0) is 6.42 Å². The second kappa shape index (κ2) is 6.77. The summed E-state index contributed by atoms with van der Waals surface area (Å²) >= 11 is 5.85. The minimum absolute atomic E-state index is 0.0153. The number of nitrogens with zero attached hydrogens (tertiary/aromatic N) is 2. The van der Waals surface area contributed by atoms with Crippen LogP contribution in [0.2, 0.25) is 5.02 Å². The molecular formula is C18H18ClFN2O2. The summed E-state index contributed by atoms with van der Waals surface area (Å²) in [6.07, 6.45) is 2.28. The highest BCUT2D eigenvalue weighted by molar-refractivity contribution is 6.30.